The molecule has 25 heavy (non-hydrogen) atoms. The topological polar surface area (TPSA) is 72.7 Å². The zero-order chi connectivity index (χ0) is 17.6. The third-order valence-electron chi connectivity index (χ3n) is 4.42. The molecule has 0 bridgehead atoms. The van der Waals surface area contributed by atoms with Gasteiger partial charge in [-0.15, -0.1) is 0 Å². The first-order valence-electron chi connectivity index (χ1n) is 7.91. The molecule has 126 valence electrons. The third kappa shape index (κ3) is 2.57. The molecule has 0 saturated carbocycles. The first kappa shape index (κ1) is 15.4. The van der Waals surface area contributed by atoms with Gasteiger partial charge in [0.2, 0.25) is 5.91 Å². The molecule has 2 aromatic heterocycles. The lowest BCUT2D eigenvalue weighted by Crippen LogP contribution is -2.26. The summed E-state index contributed by atoms with van der Waals surface area (Å²) in [6.45, 7) is 3.99. The van der Waals surface area contributed by atoms with Gasteiger partial charge < -0.3 is 5.32 Å². The Hall–Kier alpha value is -3.09. The molecule has 4 rings (SSSR count). The van der Waals surface area contributed by atoms with E-state index in [0.29, 0.717) is 29.4 Å². The van der Waals surface area contributed by atoms with Crippen molar-refractivity contribution in [1.29, 1.82) is 0 Å². The number of amides is 1. The number of carbonyl (C=O) groups is 1. The summed E-state index contributed by atoms with van der Waals surface area (Å²) in [5, 5.41) is 7.19. The van der Waals surface area contributed by atoms with Crippen LogP contribution in [0.15, 0.2) is 42.7 Å². The summed E-state index contributed by atoms with van der Waals surface area (Å²) in [4.78, 5) is 20.8. The number of fused-ring (bicyclic) bond motifs is 1. The van der Waals surface area contributed by atoms with Crippen LogP contribution in [0.4, 0.5) is 10.2 Å². The van der Waals surface area contributed by atoms with Gasteiger partial charge in [0.15, 0.2) is 5.82 Å². The van der Waals surface area contributed by atoms with Crippen LogP contribution in [0.5, 0.6) is 0 Å². The highest BCUT2D eigenvalue weighted by molar-refractivity contribution is 6.04. The van der Waals surface area contributed by atoms with Crippen molar-refractivity contribution in [2.75, 3.05) is 5.32 Å². The van der Waals surface area contributed by atoms with Gasteiger partial charge in [0.25, 0.3) is 0 Å². The first-order chi connectivity index (χ1) is 11.9. The standard InChI is InChI=1S/C18H16FN5O/c1-18(2)12-9-20-16(21-15(12)22-17(18)25)14-7-8-24(23-14)10-11-5-3-4-6-13(11)19/h3-9H,10H2,1-2H3,(H,20,21,22,25). The fraction of sp³-hybridized carbons (Fsp3) is 0.222. The first-order valence-corrected chi connectivity index (χ1v) is 7.91. The van der Waals surface area contributed by atoms with Crippen molar-refractivity contribution in [3.05, 3.63) is 59.7 Å². The summed E-state index contributed by atoms with van der Waals surface area (Å²) in [6, 6.07) is 8.36. The SMILES string of the molecule is CC1(C)C(=O)Nc2nc(-c3ccn(Cc4ccccc4F)n3)ncc21. The number of nitrogens with one attached hydrogen (secondary N) is 1. The summed E-state index contributed by atoms with van der Waals surface area (Å²) in [6.07, 6.45) is 3.41. The van der Waals surface area contributed by atoms with Crippen LogP contribution in [0.3, 0.4) is 0 Å². The number of aromatic nitrogens is 4. The minimum absolute atomic E-state index is 0.0981. The number of hydrogen-bond acceptors (Lipinski definition) is 4. The Morgan fingerprint density at radius 1 is 1.24 bits per heavy atom. The van der Waals surface area contributed by atoms with E-state index in [0.717, 1.165) is 5.56 Å². The lowest BCUT2D eigenvalue weighted by Gasteiger charge is -2.13. The molecule has 1 N–H and O–H groups in total. The van der Waals surface area contributed by atoms with Gasteiger partial charge in [-0.25, -0.2) is 14.4 Å². The minimum atomic E-state index is -0.641. The van der Waals surface area contributed by atoms with Crippen LogP contribution in [0.1, 0.15) is 25.0 Å². The fourth-order valence-electron chi connectivity index (χ4n) is 2.81. The van der Waals surface area contributed by atoms with Gasteiger partial charge in [-0.2, -0.15) is 5.10 Å². The summed E-state index contributed by atoms with van der Waals surface area (Å²) < 4.78 is 15.4. The predicted molar refractivity (Wildman–Crippen MR) is 90.4 cm³/mol. The molecule has 1 aliphatic heterocycles. The highest BCUT2D eigenvalue weighted by atomic mass is 19.1. The Kier molecular flexibility index (Phi) is 3.38. The Balaban J connectivity index is 1.62. The number of carbonyl (C=O) groups excluding carboxylic acids is 1. The maximum absolute atomic E-state index is 13.8. The van der Waals surface area contributed by atoms with E-state index in [4.69, 9.17) is 0 Å². The maximum Gasteiger partial charge on any atom is 0.235 e. The Labute approximate surface area is 143 Å². The molecule has 0 fully saturated rings. The molecule has 7 heteroatoms. The molecule has 3 heterocycles. The molecular formula is C18H16FN5O. The van der Waals surface area contributed by atoms with Crippen LogP contribution in [-0.4, -0.2) is 25.7 Å². The highest BCUT2D eigenvalue weighted by Gasteiger charge is 2.40. The van der Waals surface area contributed by atoms with Gasteiger partial charge in [-0.1, -0.05) is 18.2 Å². The second-order valence-electron chi connectivity index (χ2n) is 6.52. The molecule has 1 amide bonds. The lowest BCUT2D eigenvalue weighted by atomic mass is 9.88. The van der Waals surface area contributed by atoms with Crippen LogP contribution < -0.4 is 5.32 Å². The van der Waals surface area contributed by atoms with Crippen molar-refractivity contribution in [3.63, 3.8) is 0 Å². The number of halogens is 1. The molecule has 6 nitrogen and oxygen atoms in total. The maximum atomic E-state index is 13.8. The largest absolute Gasteiger partial charge is 0.310 e. The zero-order valence-corrected chi connectivity index (χ0v) is 13.8. The predicted octanol–water partition coefficient (Wildman–Crippen LogP) is 2.76. The molecule has 1 aliphatic rings. The molecule has 0 aliphatic carbocycles. The van der Waals surface area contributed by atoms with E-state index in [1.54, 1.807) is 41.3 Å². The highest BCUT2D eigenvalue weighted by Crippen LogP contribution is 2.36. The molecule has 0 radical (unpaired) electrons. The Bertz CT molecular complexity index is 979. The Morgan fingerprint density at radius 3 is 2.84 bits per heavy atom. The summed E-state index contributed by atoms with van der Waals surface area (Å²) >= 11 is 0. The molecule has 0 spiro atoms. The normalized spacial score (nSPS) is 15.1. The smallest absolute Gasteiger partial charge is 0.235 e. The average molecular weight is 337 g/mol. The van der Waals surface area contributed by atoms with Crippen LogP contribution >= 0.6 is 0 Å². The van der Waals surface area contributed by atoms with E-state index in [9.17, 15) is 9.18 Å². The van der Waals surface area contributed by atoms with E-state index in [1.807, 2.05) is 13.8 Å². The third-order valence-corrected chi connectivity index (χ3v) is 4.42. The van der Waals surface area contributed by atoms with E-state index in [2.05, 4.69) is 20.4 Å². The van der Waals surface area contributed by atoms with Crippen molar-refractivity contribution < 1.29 is 9.18 Å². The van der Waals surface area contributed by atoms with E-state index < -0.39 is 5.41 Å². The minimum Gasteiger partial charge on any atom is -0.310 e. The van der Waals surface area contributed by atoms with Crippen molar-refractivity contribution in [2.45, 2.75) is 25.8 Å². The summed E-state index contributed by atoms with van der Waals surface area (Å²) in [5.41, 5.74) is 1.25. The monoisotopic (exact) mass is 337 g/mol. The van der Waals surface area contributed by atoms with E-state index in [1.165, 1.54) is 6.07 Å². The molecule has 1 aromatic carbocycles. The quantitative estimate of drug-likeness (QED) is 0.798. The second kappa shape index (κ2) is 5.47. The number of anilines is 1. The van der Waals surface area contributed by atoms with Crippen LogP contribution in [-0.2, 0) is 16.8 Å². The molecular weight excluding hydrogens is 321 g/mol. The van der Waals surface area contributed by atoms with Crippen molar-refractivity contribution >= 4 is 11.7 Å². The van der Waals surface area contributed by atoms with E-state index >= 15 is 0 Å². The van der Waals surface area contributed by atoms with Gasteiger partial charge >= 0.3 is 0 Å². The molecule has 0 atom stereocenters. The zero-order valence-electron chi connectivity index (χ0n) is 13.8. The van der Waals surface area contributed by atoms with Crippen LogP contribution in [0.25, 0.3) is 11.5 Å². The van der Waals surface area contributed by atoms with Crippen molar-refractivity contribution in [1.82, 2.24) is 19.7 Å². The van der Waals surface area contributed by atoms with Gasteiger partial charge in [-0.05, 0) is 26.0 Å². The molecule has 3 aromatic rings. The van der Waals surface area contributed by atoms with E-state index in [-0.39, 0.29) is 11.7 Å². The van der Waals surface area contributed by atoms with Crippen LogP contribution in [0.2, 0.25) is 0 Å². The van der Waals surface area contributed by atoms with Gasteiger partial charge in [-0.3, -0.25) is 9.48 Å². The number of nitrogens with zero attached hydrogens (tertiary/aromatic N) is 4. The second-order valence-corrected chi connectivity index (χ2v) is 6.52. The van der Waals surface area contributed by atoms with Crippen molar-refractivity contribution in [3.8, 4) is 11.5 Å². The lowest BCUT2D eigenvalue weighted by molar-refractivity contribution is -0.119. The van der Waals surface area contributed by atoms with Crippen molar-refractivity contribution in [2.24, 2.45) is 0 Å². The number of hydrogen-bond donors (Lipinski definition) is 1. The summed E-state index contributed by atoms with van der Waals surface area (Å²) in [5.74, 6) is 0.574. The van der Waals surface area contributed by atoms with Gasteiger partial charge in [0, 0.05) is 23.5 Å². The fourth-order valence-corrected chi connectivity index (χ4v) is 2.81. The van der Waals surface area contributed by atoms with Crippen LogP contribution in [0, 0.1) is 5.82 Å². The average Bonchev–Trinajstić information content (AvgIpc) is 3.13. The molecule has 0 saturated heterocycles. The Morgan fingerprint density at radius 2 is 2.04 bits per heavy atom. The van der Waals surface area contributed by atoms with Gasteiger partial charge in [0.05, 0.1) is 12.0 Å². The molecule has 0 unspecified atom stereocenters. The number of rotatable bonds is 3. The van der Waals surface area contributed by atoms with Gasteiger partial charge in [0.1, 0.15) is 17.3 Å². The summed E-state index contributed by atoms with van der Waals surface area (Å²) in [7, 11) is 0. The number of benzene rings is 1.